The SMILES string of the molecule is N[C@@H](CCN1Cc2ccccc2C[C@H]1C(=O)NC1CC1)Cc1ccccc1F. The van der Waals surface area contributed by atoms with Crippen molar-refractivity contribution < 1.29 is 9.18 Å². The van der Waals surface area contributed by atoms with Crippen LogP contribution in [0.2, 0.25) is 0 Å². The van der Waals surface area contributed by atoms with Gasteiger partial charge in [-0.05, 0) is 54.9 Å². The molecular formula is C23H28FN3O. The summed E-state index contributed by atoms with van der Waals surface area (Å²) in [5.41, 5.74) is 9.49. The molecule has 0 bridgehead atoms. The molecule has 0 radical (unpaired) electrons. The number of carbonyl (C=O) groups is 1. The first kappa shape index (κ1) is 19.1. The number of hydrogen-bond acceptors (Lipinski definition) is 3. The van der Waals surface area contributed by atoms with E-state index in [1.54, 1.807) is 12.1 Å². The van der Waals surface area contributed by atoms with Crippen molar-refractivity contribution in [3.8, 4) is 0 Å². The molecule has 1 fully saturated rings. The van der Waals surface area contributed by atoms with Crippen LogP contribution in [0.3, 0.4) is 0 Å². The highest BCUT2D eigenvalue weighted by atomic mass is 19.1. The number of nitrogens with two attached hydrogens (primary N) is 1. The summed E-state index contributed by atoms with van der Waals surface area (Å²) in [7, 11) is 0. The molecule has 1 saturated carbocycles. The summed E-state index contributed by atoms with van der Waals surface area (Å²) in [5, 5.41) is 3.16. The predicted molar refractivity (Wildman–Crippen MR) is 108 cm³/mol. The Balaban J connectivity index is 1.41. The highest BCUT2D eigenvalue weighted by molar-refractivity contribution is 5.83. The molecule has 0 spiro atoms. The van der Waals surface area contributed by atoms with E-state index in [4.69, 9.17) is 5.73 Å². The smallest absolute Gasteiger partial charge is 0.237 e. The van der Waals surface area contributed by atoms with E-state index in [0.29, 0.717) is 18.0 Å². The highest BCUT2D eigenvalue weighted by Gasteiger charge is 2.34. The molecule has 0 saturated heterocycles. The summed E-state index contributed by atoms with van der Waals surface area (Å²) in [6, 6.07) is 15.2. The van der Waals surface area contributed by atoms with Gasteiger partial charge in [0.25, 0.3) is 0 Å². The number of nitrogens with one attached hydrogen (secondary N) is 1. The van der Waals surface area contributed by atoms with Crippen molar-refractivity contribution in [1.82, 2.24) is 10.2 Å². The first-order chi connectivity index (χ1) is 13.6. The average Bonchev–Trinajstić information content (AvgIpc) is 3.51. The number of halogens is 1. The van der Waals surface area contributed by atoms with Crippen molar-refractivity contribution in [2.75, 3.05) is 6.54 Å². The van der Waals surface area contributed by atoms with Gasteiger partial charge >= 0.3 is 0 Å². The van der Waals surface area contributed by atoms with Crippen LogP contribution in [0.5, 0.6) is 0 Å². The fraction of sp³-hybridized carbons (Fsp3) is 0.435. The van der Waals surface area contributed by atoms with Gasteiger partial charge in [-0.15, -0.1) is 0 Å². The molecule has 4 rings (SSSR count). The number of nitrogens with zero attached hydrogens (tertiary/aromatic N) is 1. The molecule has 28 heavy (non-hydrogen) atoms. The van der Waals surface area contributed by atoms with Crippen LogP contribution in [-0.4, -0.2) is 35.5 Å². The Kier molecular flexibility index (Phi) is 5.74. The molecule has 0 unspecified atom stereocenters. The van der Waals surface area contributed by atoms with Crippen molar-refractivity contribution in [3.05, 3.63) is 71.0 Å². The Morgan fingerprint density at radius 1 is 1.14 bits per heavy atom. The molecule has 2 aromatic carbocycles. The van der Waals surface area contributed by atoms with E-state index in [1.807, 2.05) is 18.2 Å². The first-order valence-electron chi connectivity index (χ1n) is 10.2. The summed E-state index contributed by atoms with van der Waals surface area (Å²) >= 11 is 0. The largest absolute Gasteiger partial charge is 0.352 e. The van der Waals surface area contributed by atoms with E-state index in [2.05, 4.69) is 22.3 Å². The van der Waals surface area contributed by atoms with Gasteiger partial charge in [0.05, 0.1) is 6.04 Å². The number of rotatable bonds is 7. The Bertz CT molecular complexity index is 836. The van der Waals surface area contributed by atoms with E-state index in [0.717, 1.165) is 38.8 Å². The van der Waals surface area contributed by atoms with Crippen LogP contribution in [0.15, 0.2) is 48.5 Å². The minimum atomic E-state index is -0.202. The van der Waals surface area contributed by atoms with E-state index in [1.165, 1.54) is 17.2 Å². The van der Waals surface area contributed by atoms with Gasteiger partial charge in [0.15, 0.2) is 0 Å². The molecular weight excluding hydrogens is 353 g/mol. The maximum atomic E-state index is 13.9. The fourth-order valence-electron chi connectivity index (χ4n) is 3.98. The summed E-state index contributed by atoms with van der Waals surface area (Å²) < 4.78 is 13.9. The van der Waals surface area contributed by atoms with Gasteiger partial charge in [-0.1, -0.05) is 42.5 Å². The molecule has 1 aliphatic heterocycles. The molecule has 2 aromatic rings. The van der Waals surface area contributed by atoms with Crippen molar-refractivity contribution in [2.45, 2.75) is 56.8 Å². The summed E-state index contributed by atoms with van der Waals surface area (Å²) in [6.45, 7) is 1.48. The van der Waals surface area contributed by atoms with Crippen LogP contribution in [0.1, 0.15) is 36.0 Å². The van der Waals surface area contributed by atoms with Crippen LogP contribution >= 0.6 is 0 Å². The zero-order chi connectivity index (χ0) is 19.5. The Hall–Kier alpha value is -2.24. The maximum absolute atomic E-state index is 13.9. The Labute approximate surface area is 165 Å². The lowest BCUT2D eigenvalue weighted by molar-refractivity contribution is -0.127. The molecule has 1 amide bonds. The lowest BCUT2D eigenvalue weighted by Crippen LogP contribution is -2.51. The van der Waals surface area contributed by atoms with Crippen LogP contribution in [0, 0.1) is 5.82 Å². The van der Waals surface area contributed by atoms with E-state index in [9.17, 15) is 9.18 Å². The van der Waals surface area contributed by atoms with Gasteiger partial charge in [0, 0.05) is 25.2 Å². The Morgan fingerprint density at radius 3 is 2.61 bits per heavy atom. The van der Waals surface area contributed by atoms with Gasteiger partial charge in [0.1, 0.15) is 5.82 Å². The number of amides is 1. The third-order valence-electron chi connectivity index (χ3n) is 5.80. The molecule has 4 nitrogen and oxygen atoms in total. The minimum absolute atomic E-state index is 0.125. The lowest BCUT2D eigenvalue weighted by Gasteiger charge is -2.36. The number of carbonyl (C=O) groups excluding carboxylic acids is 1. The van der Waals surface area contributed by atoms with Gasteiger partial charge in [0.2, 0.25) is 5.91 Å². The number of hydrogen-bond donors (Lipinski definition) is 2. The molecule has 5 heteroatoms. The average molecular weight is 381 g/mol. The zero-order valence-corrected chi connectivity index (χ0v) is 16.1. The Morgan fingerprint density at radius 2 is 1.86 bits per heavy atom. The highest BCUT2D eigenvalue weighted by Crippen LogP contribution is 2.26. The van der Waals surface area contributed by atoms with E-state index < -0.39 is 0 Å². The second-order valence-corrected chi connectivity index (χ2v) is 8.09. The van der Waals surface area contributed by atoms with Crippen LogP contribution in [-0.2, 0) is 24.2 Å². The third-order valence-corrected chi connectivity index (χ3v) is 5.80. The third kappa shape index (κ3) is 4.59. The van der Waals surface area contributed by atoms with Crippen molar-refractivity contribution in [2.24, 2.45) is 5.73 Å². The van der Waals surface area contributed by atoms with E-state index >= 15 is 0 Å². The van der Waals surface area contributed by atoms with Gasteiger partial charge in [-0.3, -0.25) is 9.69 Å². The van der Waals surface area contributed by atoms with Gasteiger partial charge in [-0.25, -0.2) is 4.39 Å². The minimum Gasteiger partial charge on any atom is -0.352 e. The molecule has 1 aliphatic carbocycles. The zero-order valence-electron chi connectivity index (χ0n) is 16.1. The molecule has 2 atom stereocenters. The lowest BCUT2D eigenvalue weighted by atomic mass is 9.92. The quantitative estimate of drug-likeness (QED) is 0.775. The molecule has 1 heterocycles. The monoisotopic (exact) mass is 381 g/mol. The molecule has 2 aliphatic rings. The maximum Gasteiger partial charge on any atom is 0.237 e. The van der Waals surface area contributed by atoms with Crippen molar-refractivity contribution >= 4 is 5.91 Å². The number of benzene rings is 2. The van der Waals surface area contributed by atoms with Crippen LogP contribution < -0.4 is 11.1 Å². The second kappa shape index (κ2) is 8.41. The standard InChI is InChI=1S/C23H28FN3O/c24-21-8-4-3-6-17(21)13-19(25)11-12-27-15-18-7-2-1-5-16(18)14-22(27)23(28)26-20-9-10-20/h1-8,19-20,22H,9-15,25H2,(H,26,28)/t19-,22-/m0/s1. The molecule has 148 valence electrons. The summed E-state index contributed by atoms with van der Waals surface area (Å²) in [4.78, 5) is 15.1. The van der Waals surface area contributed by atoms with E-state index in [-0.39, 0.29) is 23.8 Å². The summed E-state index contributed by atoms with van der Waals surface area (Å²) in [5.74, 6) is -0.0776. The second-order valence-electron chi connectivity index (χ2n) is 8.09. The van der Waals surface area contributed by atoms with Crippen LogP contribution in [0.25, 0.3) is 0 Å². The fourth-order valence-corrected chi connectivity index (χ4v) is 3.98. The predicted octanol–water partition coefficient (Wildman–Crippen LogP) is 2.79. The summed E-state index contributed by atoms with van der Waals surface area (Å²) in [6.07, 6.45) is 4.14. The van der Waals surface area contributed by atoms with Crippen molar-refractivity contribution in [3.63, 3.8) is 0 Å². The number of fused-ring (bicyclic) bond motifs is 1. The van der Waals surface area contributed by atoms with Crippen LogP contribution in [0.4, 0.5) is 4.39 Å². The van der Waals surface area contributed by atoms with Gasteiger partial charge < -0.3 is 11.1 Å². The molecule has 3 N–H and O–H groups in total. The van der Waals surface area contributed by atoms with Gasteiger partial charge in [-0.2, -0.15) is 0 Å². The molecule has 0 aromatic heterocycles. The normalized spacial score (nSPS) is 20.4. The van der Waals surface area contributed by atoms with Crippen molar-refractivity contribution in [1.29, 1.82) is 0 Å². The topological polar surface area (TPSA) is 58.4 Å². The first-order valence-corrected chi connectivity index (χ1v) is 10.2.